The third kappa shape index (κ3) is 3.43. The lowest BCUT2D eigenvalue weighted by Crippen LogP contribution is -2.59. The van der Waals surface area contributed by atoms with Crippen LogP contribution in [0.4, 0.5) is 4.79 Å². The van der Waals surface area contributed by atoms with E-state index in [9.17, 15) is 9.90 Å². The van der Waals surface area contributed by atoms with Crippen molar-refractivity contribution in [3.8, 4) is 0 Å². The molecule has 5 nitrogen and oxygen atoms in total. The maximum atomic E-state index is 13.0. The summed E-state index contributed by atoms with van der Waals surface area (Å²) in [6, 6.07) is 17.7. The Labute approximate surface area is 176 Å². The molecule has 3 heterocycles. The molecule has 5 rings (SSSR count). The third-order valence-electron chi connectivity index (χ3n) is 6.59. The van der Waals surface area contributed by atoms with E-state index in [1.165, 1.54) is 0 Å². The number of hydrogen-bond donors (Lipinski definition) is 1. The Morgan fingerprint density at radius 1 is 1.03 bits per heavy atom. The highest BCUT2D eigenvalue weighted by atomic mass is 16.6. The van der Waals surface area contributed by atoms with Gasteiger partial charge in [0, 0.05) is 48.3 Å². The van der Waals surface area contributed by atoms with E-state index in [1.807, 2.05) is 65.7 Å². The molecule has 0 radical (unpaired) electrons. The van der Waals surface area contributed by atoms with E-state index in [1.54, 1.807) is 6.20 Å². The molecule has 1 N–H and O–H groups in total. The summed E-state index contributed by atoms with van der Waals surface area (Å²) in [6.07, 6.45) is 7.22. The van der Waals surface area contributed by atoms with Crippen LogP contribution < -0.4 is 0 Å². The van der Waals surface area contributed by atoms with Gasteiger partial charge in [-0.05, 0) is 30.2 Å². The quantitative estimate of drug-likeness (QED) is 0.685. The number of ether oxygens (including phenoxy) is 1. The Balaban J connectivity index is 1.38. The van der Waals surface area contributed by atoms with Gasteiger partial charge in [0.25, 0.3) is 0 Å². The van der Waals surface area contributed by atoms with E-state index >= 15 is 0 Å². The maximum Gasteiger partial charge on any atom is 0.410 e. The lowest BCUT2D eigenvalue weighted by atomic mass is 9.72. The van der Waals surface area contributed by atoms with Crippen LogP contribution in [0.2, 0.25) is 0 Å². The van der Waals surface area contributed by atoms with Crippen molar-refractivity contribution in [1.82, 2.24) is 9.88 Å². The van der Waals surface area contributed by atoms with E-state index < -0.39 is 5.60 Å². The Kier molecular flexibility index (Phi) is 4.91. The van der Waals surface area contributed by atoms with Crippen molar-refractivity contribution in [2.75, 3.05) is 0 Å². The number of carbonyl (C=O) groups is 1. The van der Waals surface area contributed by atoms with Crippen molar-refractivity contribution >= 4 is 16.9 Å². The van der Waals surface area contributed by atoms with Gasteiger partial charge < -0.3 is 14.7 Å². The summed E-state index contributed by atoms with van der Waals surface area (Å²) in [5.41, 5.74) is 0.862. The van der Waals surface area contributed by atoms with E-state index in [-0.39, 0.29) is 24.8 Å². The van der Waals surface area contributed by atoms with Crippen LogP contribution in [-0.4, -0.2) is 33.2 Å². The number of hydrogen-bond acceptors (Lipinski definition) is 4. The molecule has 2 aromatic carbocycles. The van der Waals surface area contributed by atoms with Crippen molar-refractivity contribution in [1.29, 1.82) is 0 Å². The van der Waals surface area contributed by atoms with Crippen LogP contribution in [0, 0.1) is 0 Å². The average molecular weight is 402 g/mol. The molecule has 1 aromatic heterocycles. The molecule has 3 aromatic rings. The van der Waals surface area contributed by atoms with Gasteiger partial charge in [0.15, 0.2) is 0 Å². The fourth-order valence-corrected chi connectivity index (χ4v) is 5.23. The third-order valence-corrected chi connectivity index (χ3v) is 6.59. The second kappa shape index (κ2) is 7.73. The molecule has 0 aliphatic carbocycles. The highest BCUT2D eigenvalue weighted by Gasteiger charge is 2.49. The predicted octanol–water partition coefficient (Wildman–Crippen LogP) is 4.78. The topological polar surface area (TPSA) is 62.7 Å². The molecule has 2 bridgehead atoms. The summed E-state index contributed by atoms with van der Waals surface area (Å²) in [5, 5.41) is 13.8. The Morgan fingerprint density at radius 3 is 2.50 bits per heavy atom. The summed E-state index contributed by atoms with van der Waals surface area (Å²) in [5.74, 6) is 0. The molecule has 2 fully saturated rings. The highest BCUT2D eigenvalue weighted by molar-refractivity contribution is 5.85. The second-order valence-corrected chi connectivity index (χ2v) is 8.53. The lowest BCUT2D eigenvalue weighted by Gasteiger charge is -2.51. The molecule has 0 spiro atoms. The van der Waals surface area contributed by atoms with Gasteiger partial charge in [0.2, 0.25) is 0 Å². The molecule has 2 aliphatic rings. The number of aliphatic hydroxyl groups is 1. The number of benzene rings is 2. The van der Waals surface area contributed by atoms with Gasteiger partial charge in [0.1, 0.15) is 6.61 Å². The van der Waals surface area contributed by atoms with Crippen LogP contribution in [0.5, 0.6) is 0 Å². The molecule has 30 heavy (non-hydrogen) atoms. The highest BCUT2D eigenvalue weighted by Crippen LogP contribution is 2.46. The summed E-state index contributed by atoms with van der Waals surface area (Å²) in [6.45, 7) is 0.271. The SMILES string of the molecule is O=C(OCc1ccccc1)N1C2CCCC1CC(O)(c1cncc3ccccc13)C2. The fourth-order valence-electron chi connectivity index (χ4n) is 5.23. The van der Waals surface area contributed by atoms with Crippen LogP contribution in [0.25, 0.3) is 10.8 Å². The number of nitrogens with zero attached hydrogens (tertiary/aromatic N) is 2. The molecular weight excluding hydrogens is 376 g/mol. The number of amides is 1. The van der Waals surface area contributed by atoms with Gasteiger partial charge in [-0.15, -0.1) is 0 Å². The van der Waals surface area contributed by atoms with E-state index in [4.69, 9.17) is 4.74 Å². The zero-order chi connectivity index (χ0) is 20.6. The minimum Gasteiger partial charge on any atom is -0.445 e. The van der Waals surface area contributed by atoms with E-state index in [2.05, 4.69) is 4.98 Å². The smallest absolute Gasteiger partial charge is 0.410 e. The van der Waals surface area contributed by atoms with Crippen LogP contribution in [0.1, 0.15) is 43.2 Å². The van der Waals surface area contributed by atoms with Crippen molar-refractivity contribution in [2.45, 2.75) is 56.4 Å². The minimum absolute atomic E-state index is 0.0234. The van der Waals surface area contributed by atoms with E-state index in [0.717, 1.165) is 41.2 Å². The number of fused-ring (bicyclic) bond motifs is 3. The monoisotopic (exact) mass is 402 g/mol. The molecule has 2 aliphatic heterocycles. The van der Waals surface area contributed by atoms with Crippen molar-refractivity contribution in [3.63, 3.8) is 0 Å². The molecule has 1 amide bonds. The van der Waals surface area contributed by atoms with Crippen molar-refractivity contribution in [2.24, 2.45) is 0 Å². The minimum atomic E-state index is -0.986. The predicted molar refractivity (Wildman–Crippen MR) is 115 cm³/mol. The summed E-state index contributed by atoms with van der Waals surface area (Å²) >= 11 is 0. The molecule has 2 atom stereocenters. The van der Waals surface area contributed by atoms with Gasteiger partial charge in [0.05, 0.1) is 5.60 Å². The van der Waals surface area contributed by atoms with Gasteiger partial charge in [-0.3, -0.25) is 4.98 Å². The van der Waals surface area contributed by atoms with Crippen LogP contribution in [0.15, 0.2) is 67.0 Å². The first-order chi connectivity index (χ1) is 14.6. The maximum absolute atomic E-state index is 13.0. The summed E-state index contributed by atoms with van der Waals surface area (Å²) < 4.78 is 5.64. The van der Waals surface area contributed by atoms with Gasteiger partial charge in [-0.25, -0.2) is 4.79 Å². The number of piperidine rings is 2. The van der Waals surface area contributed by atoms with Gasteiger partial charge >= 0.3 is 6.09 Å². The van der Waals surface area contributed by atoms with Crippen molar-refractivity contribution < 1.29 is 14.6 Å². The standard InChI is InChI=1S/C25H26N2O3/c28-24(30-17-18-7-2-1-3-8-18)27-20-10-6-11-21(27)14-25(29,13-20)23-16-26-15-19-9-4-5-12-22(19)23/h1-5,7-9,12,15-16,20-21,29H,6,10-11,13-14,17H2. The van der Waals surface area contributed by atoms with Gasteiger partial charge in [-0.2, -0.15) is 0 Å². The molecule has 5 heteroatoms. The number of carbonyl (C=O) groups excluding carboxylic acids is 1. The zero-order valence-corrected chi connectivity index (χ0v) is 16.9. The Bertz CT molecular complexity index is 1030. The first-order valence-corrected chi connectivity index (χ1v) is 10.7. The largest absolute Gasteiger partial charge is 0.445 e. The molecule has 0 saturated carbocycles. The average Bonchev–Trinajstić information content (AvgIpc) is 2.77. The number of rotatable bonds is 3. The summed E-state index contributed by atoms with van der Waals surface area (Å²) in [7, 11) is 0. The Hall–Kier alpha value is -2.92. The van der Waals surface area contributed by atoms with E-state index in [0.29, 0.717) is 12.8 Å². The molecule has 154 valence electrons. The normalized spacial score (nSPS) is 25.8. The van der Waals surface area contributed by atoms with Crippen LogP contribution in [-0.2, 0) is 16.9 Å². The summed E-state index contributed by atoms with van der Waals surface area (Å²) in [4.78, 5) is 19.2. The fraction of sp³-hybridized carbons (Fsp3) is 0.360. The number of pyridine rings is 1. The molecule has 2 saturated heterocycles. The Morgan fingerprint density at radius 2 is 1.73 bits per heavy atom. The van der Waals surface area contributed by atoms with Crippen LogP contribution in [0.3, 0.4) is 0 Å². The van der Waals surface area contributed by atoms with Crippen LogP contribution >= 0.6 is 0 Å². The molecule has 2 unspecified atom stereocenters. The van der Waals surface area contributed by atoms with Crippen molar-refractivity contribution in [3.05, 3.63) is 78.1 Å². The second-order valence-electron chi connectivity index (χ2n) is 8.53. The van der Waals surface area contributed by atoms with Gasteiger partial charge in [-0.1, -0.05) is 54.6 Å². The first-order valence-electron chi connectivity index (χ1n) is 10.7. The number of aromatic nitrogens is 1. The first kappa shape index (κ1) is 19.1. The lowest BCUT2D eigenvalue weighted by molar-refractivity contribution is -0.0890. The zero-order valence-electron chi connectivity index (χ0n) is 16.9. The molecular formula is C25H26N2O3.